The van der Waals surface area contributed by atoms with Crippen LogP contribution in [0.2, 0.25) is 0 Å². The lowest BCUT2D eigenvalue weighted by atomic mass is 9.97. The summed E-state index contributed by atoms with van der Waals surface area (Å²) in [5.41, 5.74) is 0.993. The fourth-order valence-corrected chi connectivity index (χ4v) is 4.30. The molecule has 3 aliphatic heterocycles. The summed E-state index contributed by atoms with van der Waals surface area (Å²) < 4.78 is 17.8. The van der Waals surface area contributed by atoms with Crippen LogP contribution >= 0.6 is 0 Å². The van der Waals surface area contributed by atoms with E-state index in [0.29, 0.717) is 12.6 Å². The number of hydrogen-bond acceptors (Lipinski definition) is 5. The van der Waals surface area contributed by atoms with E-state index >= 15 is 0 Å². The van der Waals surface area contributed by atoms with Crippen molar-refractivity contribution in [1.29, 1.82) is 0 Å². The molecule has 0 unspecified atom stereocenters. The number of aromatic nitrogens is 1. The highest BCUT2D eigenvalue weighted by molar-refractivity contribution is 5.03. The van der Waals surface area contributed by atoms with Gasteiger partial charge in [-0.1, -0.05) is 6.07 Å². The summed E-state index contributed by atoms with van der Waals surface area (Å²) in [6.07, 6.45) is 6.99. The number of hydrogen-bond donors (Lipinski definition) is 0. The quantitative estimate of drug-likeness (QED) is 0.827. The average molecular weight is 332 g/mol. The molecule has 24 heavy (non-hydrogen) atoms. The molecular weight excluding hydrogens is 304 g/mol. The predicted octanol–water partition coefficient (Wildman–Crippen LogP) is 2.26. The Morgan fingerprint density at radius 2 is 2.08 bits per heavy atom. The number of pyridine rings is 1. The Balaban J connectivity index is 1.37. The minimum atomic E-state index is 0.164. The van der Waals surface area contributed by atoms with E-state index in [0.717, 1.165) is 44.5 Å². The summed E-state index contributed by atoms with van der Waals surface area (Å²) in [5, 5.41) is 0. The fraction of sp³-hybridized carbons (Fsp3) is 0.737. The van der Waals surface area contributed by atoms with Crippen LogP contribution in [0.15, 0.2) is 24.4 Å². The number of nitrogens with zero attached hydrogens (tertiary/aromatic N) is 2. The Labute approximate surface area is 144 Å². The van der Waals surface area contributed by atoms with Crippen LogP contribution in [-0.2, 0) is 20.8 Å². The van der Waals surface area contributed by atoms with Gasteiger partial charge in [-0.3, -0.25) is 9.88 Å². The highest BCUT2D eigenvalue weighted by Crippen LogP contribution is 2.32. The molecule has 3 atom stereocenters. The smallest absolute Gasteiger partial charge is 0.100 e. The summed E-state index contributed by atoms with van der Waals surface area (Å²) in [7, 11) is 0. The van der Waals surface area contributed by atoms with Gasteiger partial charge in [-0.15, -0.1) is 0 Å². The minimum Gasteiger partial charge on any atom is -0.381 e. The average Bonchev–Trinajstić information content (AvgIpc) is 3.00. The third-order valence-electron chi connectivity index (χ3n) is 5.59. The van der Waals surface area contributed by atoms with Crippen LogP contribution in [0.1, 0.15) is 31.4 Å². The highest BCUT2D eigenvalue weighted by Gasteiger charge is 2.45. The molecule has 1 aromatic rings. The molecule has 132 valence electrons. The van der Waals surface area contributed by atoms with Gasteiger partial charge in [0.05, 0.1) is 18.4 Å². The molecule has 4 heterocycles. The van der Waals surface area contributed by atoms with E-state index < -0.39 is 0 Å². The van der Waals surface area contributed by atoms with Crippen molar-refractivity contribution < 1.29 is 14.2 Å². The van der Waals surface area contributed by atoms with Gasteiger partial charge >= 0.3 is 0 Å². The number of likely N-dealkylation sites (tertiary alicyclic amines) is 1. The molecule has 0 N–H and O–H groups in total. The van der Waals surface area contributed by atoms with Crippen molar-refractivity contribution in [3.63, 3.8) is 0 Å². The lowest BCUT2D eigenvalue weighted by Crippen LogP contribution is -2.43. The third kappa shape index (κ3) is 3.80. The predicted molar refractivity (Wildman–Crippen MR) is 90.7 cm³/mol. The zero-order valence-electron chi connectivity index (χ0n) is 14.3. The molecule has 1 aromatic heterocycles. The van der Waals surface area contributed by atoms with Gasteiger partial charge in [-0.2, -0.15) is 0 Å². The number of rotatable bonds is 5. The molecule has 0 radical (unpaired) electrons. The summed E-state index contributed by atoms with van der Waals surface area (Å²) in [5.74, 6) is 0.760. The van der Waals surface area contributed by atoms with Crippen molar-refractivity contribution in [2.24, 2.45) is 5.92 Å². The van der Waals surface area contributed by atoms with Crippen molar-refractivity contribution in [3.8, 4) is 0 Å². The molecule has 0 amide bonds. The Morgan fingerprint density at radius 1 is 1.17 bits per heavy atom. The van der Waals surface area contributed by atoms with E-state index in [9.17, 15) is 0 Å². The van der Waals surface area contributed by atoms with Gasteiger partial charge in [0.1, 0.15) is 6.10 Å². The molecule has 5 nitrogen and oxygen atoms in total. The molecule has 5 heteroatoms. The Bertz CT molecular complexity index is 507. The topological polar surface area (TPSA) is 43.8 Å². The van der Waals surface area contributed by atoms with Gasteiger partial charge in [0.2, 0.25) is 0 Å². The number of fused-ring (bicyclic) bond motifs is 1. The van der Waals surface area contributed by atoms with E-state index in [-0.39, 0.29) is 12.2 Å². The zero-order valence-corrected chi connectivity index (χ0v) is 14.3. The van der Waals surface area contributed by atoms with Crippen LogP contribution in [0, 0.1) is 5.92 Å². The van der Waals surface area contributed by atoms with Gasteiger partial charge in [-0.05, 0) is 43.7 Å². The molecule has 0 aliphatic carbocycles. The zero-order chi connectivity index (χ0) is 16.2. The molecule has 0 spiro atoms. The first kappa shape index (κ1) is 16.5. The number of ether oxygens (including phenoxy) is 3. The second-order valence-electron chi connectivity index (χ2n) is 7.23. The van der Waals surface area contributed by atoms with Crippen LogP contribution in [0.5, 0.6) is 0 Å². The monoisotopic (exact) mass is 332 g/mol. The van der Waals surface area contributed by atoms with Crippen molar-refractivity contribution >= 4 is 0 Å². The molecule has 3 aliphatic rings. The summed E-state index contributed by atoms with van der Waals surface area (Å²) in [4.78, 5) is 6.99. The van der Waals surface area contributed by atoms with Crippen LogP contribution in [0.25, 0.3) is 0 Å². The van der Waals surface area contributed by atoms with Gasteiger partial charge in [0.25, 0.3) is 0 Å². The summed E-state index contributed by atoms with van der Waals surface area (Å²) in [6, 6.07) is 6.50. The first-order chi connectivity index (χ1) is 11.9. The van der Waals surface area contributed by atoms with Gasteiger partial charge in [-0.25, -0.2) is 0 Å². The second-order valence-corrected chi connectivity index (χ2v) is 7.23. The normalized spacial score (nSPS) is 31.9. The van der Waals surface area contributed by atoms with E-state index in [1.54, 1.807) is 0 Å². The largest absolute Gasteiger partial charge is 0.381 e. The maximum absolute atomic E-state index is 6.22. The molecular formula is C19H28N2O3. The first-order valence-corrected chi connectivity index (χ1v) is 9.35. The Hall–Kier alpha value is -1.01. The Kier molecular flexibility index (Phi) is 5.43. The van der Waals surface area contributed by atoms with Gasteiger partial charge in [0.15, 0.2) is 0 Å². The molecule has 0 aromatic carbocycles. The highest BCUT2D eigenvalue weighted by atomic mass is 16.5. The van der Waals surface area contributed by atoms with Crippen molar-refractivity contribution in [2.45, 2.75) is 50.5 Å². The van der Waals surface area contributed by atoms with E-state index in [1.807, 2.05) is 24.4 Å². The lowest BCUT2D eigenvalue weighted by Gasteiger charge is -2.34. The lowest BCUT2D eigenvalue weighted by molar-refractivity contribution is -0.0827. The molecule has 3 fully saturated rings. The maximum Gasteiger partial charge on any atom is 0.100 e. The van der Waals surface area contributed by atoms with Gasteiger partial charge < -0.3 is 14.2 Å². The van der Waals surface area contributed by atoms with Crippen LogP contribution in [-0.4, -0.2) is 61.0 Å². The third-order valence-corrected chi connectivity index (χ3v) is 5.59. The van der Waals surface area contributed by atoms with Crippen LogP contribution in [0.3, 0.4) is 0 Å². The fourth-order valence-electron chi connectivity index (χ4n) is 4.30. The minimum absolute atomic E-state index is 0.164. The standard InChI is InChI=1S/C19H28N2O3/c1-2-8-20-16(4-1)14-24-18-13-21(12-15-6-10-22-11-7-15)17-5-3-9-23-19(17)18/h1-2,4,8,15,17-19H,3,5-7,9-14H2/t17-,18+,19+/m0/s1. The maximum atomic E-state index is 6.22. The summed E-state index contributed by atoms with van der Waals surface area (Å²) in [6.45, 7) is 5.43. The van der Waals surface area contributed by atoms with Crippen LogP contribution < -0.4 is 0 Å². The molecule has 0 saturated carbocycles. The van der Waals surface area contributed by atoms with E-state index in [2.05, 4.69) is 9.88 Å². The van der Waals surface area contributed by atoms with Gasteiger partial charge in [0, 0.05) is 45.1 Å². The van der Waals surface area contributed by atoms with E-state index in [4.69, 9.17) is 14.2 Å². The van der Waals surface area contributed by atoms with E-state index in [1.165, 1.54) is 25.7 Å². The van der Waals surface area contributed by atoms with Crippen LogP contribution in [0.4, 0.5) is 0 Å². The Morgan fingerprint density at radius 3 is 2.92 bits per heavy atom. The van der Waals surface area contributed by atoms with Crippen molar-refractivity contribution in [2.75, 3.05) is 32.9 Å². The first-order valence-electron chi connectivity index (χ1n) is 9.35. The SMILES string of the molecule is c1ccc(CO[C@@H]2CN(CC3CCOCC3)[C@H]3CCCO[C@@H]23)nc1. The molecule has 3 saturated heterocycles. The second kappa shape index (κ2) is 7.91. The molecule has 4 rings (SSSR count). The molecule has 0 bridgehead atoms. The van der Waals surface area contributed by atoms with Crippen molar-refractivity contribution in [1.82, 2.24) is 9.88 Å². The summed E-state index contributed by atoms with van der Waals surface area (Å²) >= 11 is 0. The van der Waals surface area contributed by atoms with Crippen molar-refractivity contribution in [3.05, 3.63) is 30.1 Å².